The van der Waals surface area contributed by atoms with Crippen LogP contribution in [0.3, 0.4) is 0 Å². The fourth-order valence-corrected chi connectivity index (χ4v) is 2.12. The van der Waals surface area contributed by atoms with E-state index in [0.717, 1.165) is 0 Å². The molecule has 6 nitrogen and oxygen atoms in total. The SMILES string of the molecule is CC(C)c1nn(-c2ccc([N+](=O)[O-])cc2)c(Cl)c1C=O. The average molecular weight is 294 g/mol. The van der Waals surface area contributed by atoms with E-state index in [9.17, 15) is 14.9 Å². The van der Waals surface area contributed by atoms with Crippen LogP contribution in [-0.2, 0) is 0 Å². The van der Waals surface area contributed by atoms with Gasteiger partial charge in [0.15, 0.2) is 6.29 Å². The van der Waals surface area contributed by atoms with Crippen molar-refractivity contribution >= 4 is 23.6 Å². The first kappa shape index (κ1) is 14.2. The highest BCUT2D eigenvalue weighted by Crippen LogP contribution is 2.27. The van der Waals surface area contributed by atoms with Gasteiger partial charge in [0, 0.05) is 12.1 Å². The molecular formula is C13H12ClN3O3. The largest absolute Gasteiger partial charge is 0.298 e. The first-order valence-electron chi connectivity index (χ1n) is 5.94. The molecule has 0 aliphatic carbocycles. The quantitative estimate of drug-likeness (QED) is 0.492. The number of carbonyl (C=O) groups is 1. The van der Waals surface area contributed by atoms with E-state index in [1.165, 1.54) is 28.9 Å². The van der Waals surface area contributed by atoms with E-state index in [4.69, 9.17) is 11.6 Å². The van der Waals surface area contributed by atoms with Gasteiger partial charge < -0.3 is 0 Å². The van der Waals surface area contributed by atoms with E-state index >= 15 is 0 Å². The van der Waals surface area contributed by atoms with Crippen molar-refractivity contribution in [3.63, 3.8) is 0 Å². The summed E-state index contributed by atoms with van der Waals surface area (Å²) < 4.78 is 1.41. The van der Waals surface area contributed by atoms with Crippen molar-refractivity contribution in [2.75, 3.05) is 0 Å². The second-order valence-electron chi connectivity index (χ2n) is 4.55. The van der Waals surface area contributed by atoms with E-state index < -0.39 is 4.92 Å². The minimum absolute atomic E-state index is 0.0169. The Balaban J connectivity index is 2.52. The number of nitro groups is 1. The van der Waals surface area contributed by atoms with Gasteiger partial charge in [-0.15, -0.1) is 0 Å². The molecule has 0 aliphatic rings. The molecule has 0 saturated heterocycles. The fourth-order valence-electron chi connectivity index (χ4n) is 1.85. The zero-order valence-electron chi connectivity index (χ0n) is 10.9. The lowest BCUT2D eigenvalue weighted by atomic mass is 10.1. The third-order valence-corrected chi connectivity index (χ3v) is 3.23. The Bertz CT molecular complexity index is 662. The molecule has 7 heteroatoms. The smallest absolute Gasteiger partial charge is 0.269 e. The maximum atomic E-state index is 11.1. The number of nitrogens with zero attached hydrogens (tertiary/aromatic N) is 3. The normalized spacial score (nSPS) is 10.8. The van der Waals surface area contributed by atoms with Gasteiger partial charge in [0.1, 0.15) is 5.15 Å². The van der Waals surface area contributed by atoms with Gasteiger partial charge in [0.2, 0.25) is 0 Å². The van der Waals surface area contributed by atoms with Gasteiger partial charge in [-0.25, -0.2) is 4.68 Å². The number of aldehydes is 1. The summed E-state index contributed by atoms with van der Waals surface area (Å²) in [6.45, 7) is 3.82. The summed E-state index contributed by atoms with van der Waals surface area (Å²) in [5.41, 5.74) is 1.50. The number of rotatable bonds is 4. The van der Waals surface area contributed by atoms with E-state index in [1.54, 1.807) is 0 Å². The van der Waals surface area contributed by atoms with Crippen LogP contribution in [0.1, 0.15) is 35.8 Å². The minimum atomic E-state index is -0.481. The van der Waals surface area contributed by atoms with Crippen LogP contribution in [0.15, 0.2) is 24.3 Å². The molecule has 2 aromatic rings. The van der Waals surface area contributed by atoms with Crippen molar-refractivity contribution in [1.82, 2.24) is 9.78 Å². The third kappa shape index (κ3) is 2.42. The lowest BCUT2D eigenvalue weighted by Gasteiger charge is -2.02. The second kappa shape index (κ2) is 5.42. The number of nitro benzene ring substituents is 1. The molecule has 104 valence electrons. The molecule has 0 radical (unpaired) electrons. The summed E-state index contributed by atoms with van der Waals surface area (Å²) in [5, 5.41) is 15.1. The molecule has 0 atom stereocenters. The maximum absolute atomic E-state index is 11.1. The van der Waals surface area contributed by atoms with E-state index in [0.29, 0.717) is 23.2 Å². The maximum Gasteiger partial charge on any atom is 0.269 e. The van der Waals surface area contributed by atoms with Crippen molar-refractivity contribution in [1.29, 1.82) is 0 Å². The highest BCUT2D eigenvalue weighted by Gasteiger charge is 2.19. The standard InChI is InChI=1S/C13H12ClN3O3/c1-8(2)12-11(7-18)13(14)16(15-12)9-3-5-10(6-4-9)17(19)20/h3-8H,1-2H3. The summed E-state index contributed by atoms with van der Waals surface area (Å²) in [6, 6.07) is 5.80. The summed E-state index contributed by atoms with van der Waals surface area (Å²) in [4.78, 5) is 21.3. The van der Waals surface area contributed by atoms with Crippen LogP contribution in [0.25, 0.3) is 5.69 Å². The Morgan fingerprint density at radius 3 is 2.35 bits per heavy atom. The molecule has 0 N–H and O–H groups in total. The lowest BCUT2D eigenvalue weighted by molar-refractivity contribution is -0.384. The Morgan fingerprint density at radius 1 is 1.35 bits per heavy atom. The average Bonchev–Trinajstić information content (AvgIpc) is 2.76. The van der Waals surface area contributed by atoms with Crippen LogP contribution < -0.4 is 0 Å². The van der Waals surface area contributed by atoms with E-state index in [1.807, 2.05) is 13.8 Å². The highest BCUT2D eigenvalue weighted by atomic mass is 35.5. The highest BCUT2D eigenvalue weighted by molar-refractivity contribution is 6.32. The molecular weight excluding hydrogens is 282 g/mol. The van der Waals surface area contributed by atoms with Crippen molar-refractivity contribution in [2.45, 2.75) is 19.8 Å². The predicted octanol–water partition coefficient (Wildman–Crippen LogP) is 3.37. The van der Waals surface area contributed by atoms with Crippen molar-refractivity contribution in [2.24, 2.45) is 0 Å². The molecule has 0 aliphatic heterocycles. The van der Waals surface area contributed by atoms with Crippen molar-refractivity contribution in [3.8, 4) is 5.69 Å². The number of carbonyl (C=O) groups excluding carboxylic acids is 1. The van der Waals surface area contributed by atoms with Crippen LogP contribution in [0.5, 0.6) is 0 Å². The molecule has 2 rings (SSSR count). The summed E-state index contributed by atoms with van der Waals surface area (Å²) in [7, 11) is 0. The Kier molecular flexibility index (Phi) is 3.85. The van der Waals surface area contributed by atoms with Gasteiger partial charge in [-0.2, -0.15) is 5.10 Å². The summed E-state index contributed by atoms with van der Waals surface area (Å²) in [5.74, 6) is 0.0481. The fraction of sp³-hybridized carbons (Fsp3) is 0.231. The third-order valence-electron chi connectivity index (χ3n) is 2.86. The number of hydrogen-bond acceptors (Lipinski definition) is 4. The Morgan fingerprint density at radius 2 is 1.95 bits per heavy atom. The number of hydrogen-bond donors (Lipinski definition) is 0. The van der Waals surface area contributed by atoms with Crippen molar-refractivity contribution < 1.29 is 9.72 Å². The molecule has 1 aromatic heterocycles. The zero-order chi connectivity index (χ0) is 14.9. The number of halogens is 1. The molecule has 0 amide bonds. The topological polar surface area (TPSA) is 78.0 Å². The second-order valence-corrected chi connectivity index (χ2v) is 4.91. The minimum Gasteiger partial charge on any atom is -0.298 e. The van der Waals surface area contributed by atoms with E-state index in [-0.39, 0.29) is 16.8 Å². The van der Waals surface area contributed by atoms with Gasteiger partial charge in [-0.3, -0.25) is 14.9 Å². The Labute approximate surface area is 120 Å². The van der Waals surface area contributed by atoms with Gasteiger partial charge in [0.25, 0.3) is 5.69 Å². The van der Waals surface area contributed by atoms with Crippen LogP contribution in [-0.4, -0.2) is 21.0 Å². The van der Waals surface area contributed by atoms with E-state index in [2.05, 4.69) is 5.10 Å². The number of benzene rings is 1. The van der Waals surface area contributed by atoms with Gasteiger partial charge >= 0.3 is 0 Å². The van der Waals surface area contributed by atoms with Crippen LogP contribution >= 0.6 is 11.6 Å². The van der Waals surface area contributed by atoms with Gasteiger partial charge in [-0.1, -0.05) is 25.4 Å². The van der Waals surface area contributed by atoms with Gasteiger partial charge in [-0.05, 0) is 18.1 Å². The number of aromatic nitrogens is 2. The molecule has 0 fully saturated rings. The summed E-state index contributed by atoms with van der Waals surface area (Å²) >= 11 is 6.15. The lowest BCUT2D eigenvalue weighted by Crippen LogP contribution is -1.98. The summed E-state index contributed by atoms with van der Waals surface area (Å²) in [6.07, 6.45) is 0.673. The van der Waals surface area contributed by atoms with Crippen molar-refractivity contribution in [3.05, 3.63) is 50.8 Å². The molecule has 0 bridgehead atoms. The van der Waals surface area contributed by atoms with Crippen LogP contribution in [0.2, 0.25) is 5.15 Å². The van der Waals surface area contributed by atoms with Crippen LogP contribution in [0.4, 0.5) is 5.69 Å². The zero-order valence-corrected chi connectivity index (χ0v) is 11.7. The van der Waals surface area contributed by atoms with Gasteiger partial charge in [0.05, 0.1) is 21.9 Å². The molecule has 1 aromatic carbocycles. The molecule has 0 saturated carbocycles. The molecule has 20 heavy (non-hydrogen) atoms. The molecule has 0 unspecified atom stereocenters. The first-order chi connectivity index (χ1) is 9.45. The monoisotopic (exact) mass is 293 g/mol. The number of non-ortho nitro benzene ring substituents is 1. The predicted molar refractivity (Wildman–Crippen MR) is 74.7 cm³/mol. The molecule has 1 heterocycles. The Hall–Kier alpha value is -2.21. The first-order valence-corrected chi connectivity index (χ1v) is 6.32. The molecule has 0 spiro atoms. The van der Waals surface area contributed by atoms with Crippen LogP contribution in [0, 0.1) is 10.1 Å².